The minimum absolute atomic E-state index is 0. The van der Waals surface area contributed by atoms with Crippen molar-refractivity contribution in [1.29, 1.82) is 0 Å². The van der Waals surface area contributed by atoms with E-state index in [4.69, 9.17) is 4.55 Å². The third-order valence-corrected chi connectivity index (χ3v) is 1.79. The van der Waals surface area contributed by atoms with Gasteiger partial charge in [-0.2, -0.15) is 21.6 Å². The van der Waals surface area contributed by atoms with Gasteiger partial charge in [-0.25, -0.2) is 9.71 Å². The molecule has 5 nitrogen and oxygen atoms in total. The van der Waals surface area contributed by atoms with Crippen LogP contribution in [0.4, 0.5) is 19.0 Å². The Kier molecular flexibility index (Phi) is 5.20. The zero-order valence-corrected chi connectivity index (χ0v) is 10.8. The first-order valence-electron chi connectivity index (χ1n) is 3.47. The van der Waals surface area contributed by atoms with Crippen molar-refractivity contribution < 1.29 is 57.1 Å². The molecule has 0 bridgehead atoms. The number of nitrogens with one attached hydrogen (secondary N) is 1. The number of aromatic nitrogens is 1. The normalized spacial score (nSPS) is 11.8. The molecule has 0 saturated carbocycles. The number of halogens is 3. The van der Waals surface area contributed by atoms with Crippen molar-refractivity contribution >= 4 is 16.1 Å². The van der Waals surface area contributed by atoms with Crippen molar-refractivity contribution in [2.24, 2.45) is 0 Å². The molecule has 0 aliphatic rings. The van der Waals surface area contributed by atoms with Crippen LogP contribution < -0.4 is 34.3 Å². The topological polar surface area (TPSA) is 79.3 Å². The fraction of sp³-hybridized carbons (Fsp3) is 0.167. The second-order valence-corrected chi connectivity index (χ2v) is 3.66. The maximum atomic E-state index is 12.1. The third kappa shape index (κ3) is 5.12. The van der Waals surface area contributed by atoms with Crippen LogP contribution in [0.25, 0.3) is 0 Å². The summed E-state index contributed by atoms with van der Waals surface area (Å²) in [4.78, 5) is 3.29. The Morgan fingerprint density at radius 1 is 1.44 bits per heavy atom. The molecule has 0 aliphatic carbocycles. The zero-order valence-electron chi connectivity index (χ0n) is 8.99. The van der Waals surface area contributed by atoms with Crippen LogP contribution in [0, 0.1) is 0 Å². The molecule has 0 aliphatic heterocycles. The molecular formula is C6H6F3N2NaO3S. The number of nitrogens with zero attached hydrogens (tertiary/aromatic N) is 1. The number of pyridine rings is 1. The van der Waals surface area contributed by atoms with Crippen molar-refractivity contribution in [3.63, 3.8) is 0 Å². The van der Waals surface area contributed by atoms with E-state index in [2.05, 4.69) is 4.98 Å². The number of rotatable bonds is 2. The Hall–Kier alpha value is -0.350. The van der Waals surface area contributed by atoms with Crippen LogP contribution in [0.15, 0.2) is 18.3 Å². The molecule has 0 atom stereocenters. The second-order valence-electron chi connectivity index (χ2n) is 2.50. The van der Waals surface area contributed by atoms with Gasteiger partial charge < -0.3 is 1.43 Å². The first kappa shape index (κ1) is 15.7. The Balaban J connectivity index is 0. The Labute approximate surface area is 113 Å². The van der Waals surface area contributed by atoms with E-state index in [1.807, 2.05) is 0 Å². The Morgan fingerprint density at radius 3 is 2.44 bits per heavy atom. The first-order valence-corrected chi connectivity index (χ1v) is 4.91. The molecule has 1 heterocycles. The maximum Gasteiger partial charge on any atom is 1.00 e. The van der Waals surface area contributed by atoms with Gasteiger partial charge in [0.1, 0.15) is 5.82 Å². The molecule has 2 N–H and O–H groups in total. The van der Waals surface area contributed by atoms with Crippen LogP contribution in [0.1, 0.15) is 6.99 Å². The van der Waals surface area contributed by atoms with E-state index >= 15 is 0 Å². The van der Waals surface area contributed by atoms with Crippen molar-refractivity contribution in [2.45, 2.75) is 6.18 Å². The average Bonchev–Trinajstić information content (AvgIpc) is 1.99. The van der Waals surface area contributed by atoms with Crippen LogP contribution in [0.3, 0.4) is 0 Å². The SMILES string of the molecule is O=S(=O)(O)Nc1cc(C(F)(F)F)ccn1.[H-].[Na+]. The molecule has 10 heteroatoms. The van der Waals surface area contributed by atoms with E-state index < -0.39 is 27.9 Å². The van der Waals surface area contributed by atoms with E-state index in [1.54, 1.807) is 0 Å². The zero-order chi connectivity index (χ0) is 11.7. The molecule has 0 unspecified atom stereocenters. The summed E-state index contributed by atoms with van der Waals surface area (Å²) in [5.74, 6) is -0.604. The Bertz CT molecular complexity index is 468. The average molecular weight is 266 g/mol. The second kappa shape index (κ2) is 5.32. The minimum atomic E-state index is -4.62. The van der Waals surface area contributed by atoms with Gasteiger partial charge in [-0.3, -0.25) is 4.55 Å². The summed E-state index contributed by atoms with van der Waals surface area (Å²) in [5, 5.41) is 0. The van der Waals surface area contributed by atoms with Gasteiger partial charge in [-0.1, -0.05) is 0 Å². The summed E-state index contributed by atoms with van der Waals surface area (Å²) in [6, 6.07) is 1.14. The Morgan fingerprint density at radius 2 is 2.00 bits per heavy atom. The third-order valence-electron chi connectivity index (χ3n) is 1.32. The first-order chi connectivity index (χ1) is 6.68. The summed E-state index contributed by atoms with van der Waals surface area (Å²) >= 11 is 0. The molecule has 16 heavy (non-hydrogen) atoms. The van der Waals surface area contributed by atoms with Gasteiger partial charge in [0.05, 0.1) is 5.56 Å². The minimum Gasteiger partial charge on any atom is -1.00 e. The van der Waals surface area contributed by atoms with E-state index in [0.717, 1.165) is 6.20 Å². The van der Waals surface area contributed by atoms with E-state index in [0.29, 0.717) is 12.1 Å². The van der Waals surface area contributed by atoms with E-state index in [-0.39, 0.29) is 31.0 Å². The van der Waals surface area contributed by atoms with Gasteiger partial charge in [-0.05, 0) is 12.1 Å². The molecule has 1 aromatic rings. The predicted molar refractivity (Wildman–Crippen MR) is 45.5 cm³/mol. The molecule has 0 amide bonds. The monoisotopic (exact) mass is 266 g/mol. The standard InChI is InChI=1S/C6H5F3N2O3S.Na.H/c7-6(8,9)4-1-2-10-5(3-4)11-15(12,13)14;;/h1-3H,(H,10,11)(H,12,13,14);;/q;+1;-1. The summed E-state index contributed by atoms with van der Waals surface area (Å²) in [5.41, 5.74) is -1.07. The summed E-state index contributed by atoms with van der Waals surface area (Å²) in [6.45, 7) is 0. The number of hydrogen-bond donors (Lipinski definition) is 2. The van der Waals surface area contributed by atoms with Gasteiger partial charge in [-0.15, -0.1) is 0 Å². The van der Waals surface area contributed by atoms with Crippen LogP contribution in [0.2, 0.25) is 0 Å². The van der Waals surface area contributed by atoms with Crippen molar-refractivity contribution in [3.05, 3.63) is 23.9 Å². The number of alkyl halides is 3. The fourth-order valence-electron chi connectivity index (χ4n) is 0.795. The van der Waals surface area contributed by atoms with Gasteiger partial charge in [0.15, 0.2) is 0 Å². The number of hydrogen-bond acceptors (Lipinski definition) is 3. The molecule has 86 valence electrons. The quantitative estimate of drug-likeness (QED) is 0.501. The van der Waals surface area contributed by atoms with Gasteiger partial charge in [0.25, 0.3) is 0 Å². The van der Waals surface area contributed by atoms with Gasteiger partial charge >= 0.3 is 46.0 Å². The van der Waals surface area contributed by atoms with E-state index in [9.17, 15) is 21.6 Å². The fourth-order valence-corrected chi connectivity index (χ4v) is 1.17. The molecule has 0 aromatic carbocycles. The van der Waals surface area contributed by atoms with E-state index in [1.165, 1.54) is 4.72 Å². The predicted octanol–water partition coefficient (Wildman–Crippen LogP) is -1.57. The molecule has 0 saturated heterocycles. The maximum absolute atomic E-state index is 12.1. The summed E-state index contributed by atoms with van der Waals surface area (Å²) in [6.07, 6.45) is -3.82. The van der Waals surface area contributed by atoms with Crippen molar-refractivity contribution in [2.75, 3.05) is 4.72 Å². The van der Waals surface area contributed by atoms with Crippen LogP contribution >= 0.6 is 0 Å². The van der Waals surface area contributed by atoms with Crippen molar-refractivity contribution in [1.82, 2.24) is 4.98 Å². The molecule has 0 spiro atoms. The molecule has 1 aromatic heterocycles. The number of anilines is 1. The van der Waals surface area contributed by atoms with Crippen LogP contribution in [-0.2, 0) is 16.5 Å². The van der Waals surface area contributed by atoms with Crippen molar-refractivity contribution in [3.8, 4) is 0 Å². The summed E-state index contributed by atoms with van der Waals surface area (Å²) < 4.78 is 66.7. The molecule has 1 rings (SSSR count). The van der Waals surface area contributed by atoms with Crippen LogP contribution in [-0.4, -0.2) is 18.0 Å². The molecular weight excluding hydrogens is 260 g/mol. The largest absolute Gasteiger partial charge is 1.00 e. The summed E-state index contributed by atoms with van der Waals surface area (Å²) in [7, 11) is -4.62. The smallest absolute Gasteiger partial charge is 1.00 e. The van der Waals surface area contributed by atoms with Crippen LogP contribution in [0.5, 0.6) is 0 Å². The molecule has 0 fully saturated rings. The van der Waals surface area contributed by atoms with Gasteiger partial charge in [0.2, 0.25) is 0 Å². The molecule has 0 radical (unpaired) electrons. The van der Waals surface area contributed by atoms with Gasteiger partial charge in [0, 0.05) is 6.20 Å².